The third kappa shape index (κ3) is 3.47. The number of methoxy groups -OCH3 is 1. The monoisotopic (exact) mass is 271 g/mol. The standard InChI is InChI=1S/C15H17N3O2/c1-3-16-14-10-11(8-9-17-14)15(19)18-12-4-6-13(20-2)7-5-12/h4-10H,3H2,1-2H3,(H,16,17)(H,18,19). The lowest BCUT2D eigenvalue weighted by atomic mass is 10.2. The second-order valence-electron chi connectivity index (χ2n) is 4.14. The molecular weight excluding hydrogens is 254 g/mol. The summed E-state index contributed by atoms with van der Waals surface area (Å²) in [5.41, 5.74) is 1.28. The fourth-order valence-corrected chi connectivity index (χ4v) is 1.73. The van der Waals surface area contributed by atoms with Gasteiger partial charge in [0.1, 0.15) is 11.6 Å². The van der Waals surface area contributed by atoms with Crippen LogP contribution in [0.3, 0.4) is 0 Å². The summed E-state index contributed by atoms with van der Waals surface area (Å²) in [7, 11) is 1.60. The number of carbonyl (C=O) groups excluding carboxylic acids is 1. The van der Waals surface area contributed by atoms with Crippen LogP contribution in [0.4, 0.5) is 11.5 Å². The summed E-state index contributed by atoms with van der Waals surface area (Å²) in [6, 6.07) is 10.6. The van der Waals surface area contributed by atoms with E-state index in [0.717, 1.165) is 18.0 Å². The number of benzene rings is 1. The second kappa shape index (κ2) is 6.56. The van der Waals surface area contributed by atoms with Gasteiger partial charge in [0.05, 0.1) is 7.11 Å². The maximum atomic E-state index is 12.1. The first-order chi connectivity index (χ1) is 9.72. The van der Waals surface area contributed by atoms with Crippen LogP contribution in [0.1, 0.15) is 17.3 Å². The fraction of sp³-hybridized carbons (Fsp3) is 0.200. The molecule has 0 saturated carbocycles. The van der Waals surface area contributed by atoms with Crippen molar-refractivity contribution in [3.63, 3.8) is 0 Å². The highest BCUT2D eigenvalue weighted by molar-refractivity contribution is 6.04. The molecule has 2 N–H and O–H groups in total. The molecule has 1 heterocycles. The molecule has 1 aromatic carbocycles. The van der Waals surface area contributed by atoms with Gasteiger partial charge in [-0.2, -0.15) is 0 Å². The first kappa shape index (κ1) is 13.9. The van der Waals surface area contributed by atoms with Crippen LogP contribution in [0.25, 0.3) is 0 Å². The number of anilines is 2. The van der Waals surface area contributed by atoms with Gasteiger partial charge in [-0.25, -0.2) is 4.98 Å². The average molecular weight is 271 g/mol. The molecule has 0 atom stereocenters. The van der Waals surface area contributed by atoms with Crippen molar-refractivity contribution in [3.05, 3.63) is 48.2 Å². The Hall–Kier alpha value is -2.56. The summed E-state index contributed by atoms with van der Waals surface area (Å²) >= 11 is 0. The third-order valence-corrected chi connectivity index (χ3v) is 2.73. The number of rotatable bonds is 5. The van der Waals surface area contributed by atoms with E-state index in [9.17, 15) is 4.79 Å². The normalized spacial score (nSPS) is 9.90. The van der Waals surface area contributed by atoms with Crippen LogP contribution in [-0.4, -0.2) is 24.5 Å². The third-order valence-electron chi connectivity index (χ3n) is 2.73. The van der Waals surface area contributed by atoms with Gasteiger partial charge < -0.3 is 15.4 Å². The number of nitrogens with one attached hydrogen (secondary N) is 2. The van der Waals surface area contributed by atoms with Crippen molar-refractivity contribution in [2.45, 2.75) is 6.92 Å². The predicted molar refractivity (Wildman–Crippen MR) is 79.3 cm³/mol. The Morgan fingerprint density at radius 1 is 1.25 bits per heavy atom. The van der Waals surface area contributed by atoms with Crippen molar-refractivity contribution in [2.75, 3.05) is 24.3 Å². The maximum absolute atomic E-state index is 12.1. The SMILES string of the molecule is CCNc1cc(C(=O)Nc2ccc(OC)cc2)ccn1. The first-order valence-electron chi connectivity index (χ1n) is 6.38. The number of aromatic nitrogens is 1. The van der Waals surface area contributed by atoms with Crippen molar-refractivity contribution < 1.29 is 9.53 Å². The number of hydrogen-bond donors (Lipinski definition) is 2. The molecule has 2 rings (SSSR count). The molecule has 0 radical (unpaired) electrons. The van der Waals surface area contributed by atoms with E-state index in [1.807, 2.05) is 6.92 Å². The van der Waals surface area contributed by atoms with Gasteiger partial charge >= 0.3 is 0 Å². The van der Waals surface area contributed by atoms with E-state index in [4.69, 9.17) is 4.74 Å². The average Bonchev–Trinajstić information content (AvgIpc) is 2.48. The molecule has 0 unspecified atom stereocenters. The molecule has 0 aliphatic heterocycles. The molecule has 0 saturated heterocycles. The summed E-state index contributed by atoms with van der Waals surface area (Å²) < 4.78 is 5.07. The highest BCUT2D eigenvalue weighted by Gasteiger charge is 2.07. The quantitative estimate of drug-likeness (QED) is 0.877. The lowest BCUT2D eigenvalue weighted by Gasteiger charge is -2.08. The van der Waals surface area contributed by atoms with Gasteiger partial charge in [0, 0.05) is 24.0 Å². The summed E-state index contributed by atoms with van der Waals surface area (Å²) in [5.74, 6) is 1.27. The van der Waals surface area contributed by atoms with Crippen molar-refractivity contribution in [1.82, 2.24) is 4.98 Å². The van der Waals surface area contributed by atoms with Crippen LogP contribution in [0.5, 0.6) is 5.75 Å². The van der Waals surface area contributed by atoms with E-state index in [1.165, 1.54) is 0 Å². The zero-order chi connectivity index (χ0) is 14.4. The Balaban J connectivity index is 2.08. The lowest BCUT2D eigenvalue weighted by molar-refractivity contribution is 0.102. The Bertz CT molecular complexity index is 582. The number of nitrogens with zero attached hydrogens (tertiary/aromatic N) is 1. The minimum absolute atomic E-state index is 0.170. The number of pyridine rings is 1. The molecule has 5 nitrogen and oxygen atoms in total. The minimum Gasteiger partial charge on any atom is -0.497 e. The second-order valence-corrected chi connectivity index (χ2v) is 4.14. The van der Waals surface area contributed by atoms with Crippen LogP contribution in [0, 0.1) is 0 Å². The predicted octanol–water partition coefficient (Wildman–Crippen LogP) is 2.77. The van der Waals surface area contributed by atoms with Crippen LogP contribution in [0.15, 0.2) is 42.6 Å². The number of carbonyl (C=O) groups is 1. The smallest absolute Gasteiger partial charge is 0.255 e. The molecule has 0 bridgehead atoms. The Morgan fingerprint density at radius 2 is 2.00 bits per heavy atom. The van der Waals surface area contributed by atoms with Gasteiger partial charge in [-0.05, 0) is 43.3 Å². The number of amides is 1. The van der Waals surface area contributed by atoms with Crippen LogP contribution in [-0.2, 0) is 0 Å². The first-order valence-corrected chi connectivity index (χ1v) is 6.38. The van der Waals surface area contributed by atoms with E-state index in [1.54, 1.807) is 49.7 Å². The van der Waals surface area contributed by atoms with Crippen LogP contribution in [0.2, 0.25) is 0 Å². The number of hydrogen-bond acceptors (Lipinski definition) is 4. The molecule has 2 aromatic rings. The van der Waals surface area contributed by atoms with Crippen molar-refractivity contribution in [1.29, 1.82) is 0 Å². The molecule has 0 aliphatic rings. The van der Waals surface area contributed by atoms with Crippen molar-refractivity contribution in [3.8, 4) is 5.75 Å². The van der Waals surface area contributed by atoms with E-state index < -0.39 is 0 Å². The molecule has 0 spiro atoms. The van der Waals surface area contributed by atoms with E-state index in [-0.39, 0.29) is 5.91 Å². The topological polar surface area (TPSA) is 63.2 Å². The molecule has 0 fully saturated rings. The zero-order valence-electron chi connectivity index (χ0n) is 11.5. The molecule has 0 aliphatic carbocycles. The van der Waals surface area contributed by atoms with Gasteiger partial charge in [0.25, 0.3) is 5.91 Å². The Labute approximate surface area is 118 Å². The van der Waals surface area contributed by atoms with Gasteiger partial charge in [-0.3, -0.25) is 4.79 Å². The summed E-state index contributed by atoms with van der Waals surface area (Å²) in [6.07, 6.45) is 1.61. The molecular formula is C15H17N3O2. The summed E-state index contributed by atoms with van der Waals surface area (Å²) in [4.78, 5) is 16.3. The highest BCUT2D eigenvalue weighted by atomic mass is 16.5. The summed E-state index contributed by atoms with van der Waals surface area (Å²) in [5, 5.41) is 5.90. The van der Waals surface area contributed by atoms with Gasteiger partial charge in [-0.15, -0.1) is 0 Å². The number of ether oxygens (including phenoxy) is 1. The highest BCUT2D eigenvalue weighted by Crippen LogP contribution is 2.16. The lowest BCUT2D eigenvalue weighted by Crippen LogP contribution is -2.12. The van der Waals surface area contributed by atoms with Crippen LogP contribution < -0.4 is 15.4 Å². The summed E-state index contributed by atoms with van der Waals surface area (Å²) in [6.45, 7) is 2.74. The largest absolute Gasteiger partial charge is 0.497 e. The molecule has 104 valence electrons. The van der Waals surface area contributed by atoms with Gasteiger partial charge in [0.15, 0.2) is 0 Å². The minimum atomic E-state index is -0.170. The Kier molecular flexibility index (Phi) is 4.55. The fourth-order valence-electron chi connectivity index (χ4n) is 1.73. The molecule has 1 amide bonds. The van der Waals surface area contributed by atoms with E-state index in [2.05, 4.69) is 15.6 Å². The van der Waals surface area contributed by atoms with Gasteiger partial charge in [-0.1, -0.05) is 0 Å². The molecule has 5 heteroatoms. The maximum Gasteiger partial charge on any atom is 0.255 e. The van der Waals surface area contributed by atoms with E-state index in [0.29, 0.717) is 11.4 Å². The zero-order valence-corrected chi connectivity index (χ0v) is 11.5. The Morgan fingerprint density at radius 3 is 2.65 bits per heavy atom. The molecule has 1 aromatic heterocycles. The van der Waals surface area contributed by atoms with Gasteiger partial charge in [0.2, 0.25) is 0 Å². The van der Waals surface area contributed by atoms with E-state index >= 15 is 0 Å². The van der Waals surface area contributed by atoms with Crippen molar-refractivity contribution >= 4 is 17.4 Å². The van der Waals surface area contributed by atoms with Crippen LogP contribution >= 0.6 is 0 Å². The molecule has 20 heavy (non-hydrogen) atoms. The van der Waals surface area contributed by atoms with Crippen molar-refractivity contribution in [2.24, 2.45) is 0 Å².